The minimum atomic E-state index is -0.360. The number of halogens is 1. The Labute approximate surface area is 130 Å². The van der Waals surface area contributed by atoms with Crippen molar-refractivity contribution in [2.45, 2.75) is 13.3 Å². The molecule has 0 aromatic heterocycles. The molecular weight excluding hydrogens is 275 g/mol. The molecule has 0 saturated heterocycles. The van der Waals surface area contributed by atoms with Crippen LogP contribution in [0.5, 0.6) is 11.5 Å². The van der Waals surface area contributed by atoms with Gasteiger partial charge in [0.05, 0.1) is 0 Å². The quantitative estimate of drug-likeness (QED) is 0.586. The lowest BCUT2D eigenvalue weighted by atomic mass is 10.0. The summed E-state index contributed by atoms with van der Waals surface area (Å²) in [6.45, 7) is 2.11. The van der Waals surface area contributed by atoms with Crippen molar-refractivity contribution in [1.29, 1.82) is 0 Å². The first-order valence-corrected chi connectivity index (χ1v) is 7.38. The van der Waals surface area contributed by atoms with E-state index >= 15 is 0 Å². The number of para-hydroxylation sites is 2. The van der Waals surface area contributed by atoms with E-state index in [0.717, 1.165) is 17.5 Å². The van der Waals surface area contributed by atoms with Crippen LogP contribution in [0, 0.1) is 5.82 Å². The molecule has 0 aliphatic heterocycles. The molecule has 2 heteroatoms. The Morgan fingerprint density at radius 1 is 0.818 bits per heavy atom. The monoisotopic (exact) mass is 292 g/mol. The normalized spacial score (nSPS) is 10.5. The first kappa shape index (κ1) is 14.3. The van der Waals surface area contributed by atoms with Gasteiger partial charge in [0.25, 0.3) is 0 Å². The molecule has 0 saturated carbocycles. The Bertz CT molecular complexity index is 748. The van der Waals surface area contributed by atoms with Crippen molar-refractivity contribution in [2.24, 2.45) is 0 Å². The first-order chi connectivity index (χ1) is 10.8. The van der Waals surface area contributed by atoms with Crippen LogP contribution in [-0.2, 0) is 6.42 Å². The average molecular weight is 292 g/mol. The van der Waals surface area contributed by atoms with Gasteiger partial charge in [-0.3, -0.25) is 0 Å². The lowest BCUT2D eigenvalue weighted by Crippen LogP contribution is -1.92. The number of aryl methyl sites for hydroxylation is 1. The Kier molecular flexibility index (Phi) is 4.19. The molecule has 0 aliphatic carbocycles. The molecule has 22 heavy (non-hydrogen) atoms. The largest absolute Gasteiger partial charge is 0.454 e. The third kappa shape index (κ3) is 3.01. The van der Waals surface area contributed by atoms with Crippen molar-refractivity contribution < 1.29 is 9.13 Å². The van der Waals surface area contributed by atoms with Gasteiger partial charge in [-0.05, 0) is 35.7 Å². The van der Waals surface area contributed by atoms with Crippen molar-refractivity contribution >= 4 is 0 Å². The van der Waals surface area contributed by atoms with E-state index in [1.165, 1.54) is 11.6 Å². The zero-order valence-corrected chi connectivity index (χ0v) is 12.4. The van der Waals surface area contributed by atoms with Gasteiger partial charge in [0.1, 0.15) is 5.75 Å². The maximum absolute atomic E-state index is 14.2. The smallest absolute Gasteiger partial charge is 0.170 e. The van der Waals surface area contributed by atoms with Gasteiger partial charge < -0.3 is 4.74 Å². The summed E-state index contributed by atoms with van der Waals surface area (Å²) >= 11 is 0. The number of hydrogen-bond acceptors (Lipinski definition) is 1. The molecule has 0 aliphatic rings. The van der Waals surface area contributed by atoms with Crippen LogP contribution >= 0.6 is 0 Å². The minimum Gasteiger partial charge on any atom is -0.454 e. The maximum Gasteiger partial charge on any atom is 0.170 e. The molecule has 3 rings (SSSR count). The summed E-state index contributed by atoms with van der Waals surface area (Å²) in [7, 11) is 0. The van der Waals surface area contributed by atoms with E-state index in [0.29, 0.717) is 5.75 Å². The van der Waals surface area contributed by atoms with Crippen LogP contribution in [0.4, 0.5) is 4.39 Å². The third-order valence-electron chi connectivity index (χ3n) is 3.60. The molecule has 0 bridgehead atoms. The van der Waals surface area contributed by atoms with Gasteiger partial charge in [0.15, 0.2) is 11.6 Å². The predicted molar refractivity (Wildman–Crippen MR) is 87.7 cm³/mol. The lowest BCUT2D eigenvalue weighted by Gasteiger charge is -2.12. The number of ether oxygens (including phenoxy) is 1. The van der Waals surface area contributed by atoms with Gasteiger partial charge >= 0.3 is 0 Å². The molecule has 3 aromatic rings. The van der Waals surface area contributed by atoms with Gasteiger partial charge in [-0.25, -0.2) is 4.39 Å². The summed E-state index contributed by atoms with van der Waals surface area (Å²) in [5, 5.41) is 0. The van der Waals surface area contributed by atoms with Gasteiger partial charge in [0, 0.05) is 5.56 Å². The van der Waals surface area contributed by atoms with E-state index in [2.05, 4.69) is 19.1 Å². The highest BCUT2D eigenvalue weighted by molar-refractivity contribution is 5.71. The summed E-state index contributed by atoms with van der Waals surface area (Å²) in [5.41, 5.74) is 2.96. The van der Waals surface area contributed by atoms with Gasteiger partial charge in [-0.2, -0.15) is 0 Å². The molecule has 0 unspecified atom stereocenters. The number of hydrogen-bond donors (Lipinski definition) is 0. The van der Waals surface area contributed by atoms with E-state index in [-0.39, 0.29) is 11.6 Å². The zero-order valence-electron chi connectivity index (χ0n) is 12.4. The Balaban J connectivity index is 2.02. The molecule has 0 fully saturated rings. The van der Waals surface area contributed by atoms with Crippen LogP contribution in [0.15, 0.2) is 72.8 Å². The maximum atomic E-state index is 14.2. The fourth-order valence-electron chi connectivity index (χ4n) is 2.37. The highest BCUT2D eigenvalue weighted by Gasteiger charge is 2.12. The molecule has 0 heterocycles. The van der Waals surface area contributed by atoms with E-state index < -0.39 is 0 Å². The SMILES string of the molecule is CCc1ccc(-c2cccc(F)c2Oc2ccccc2)cc1. The zero-order chi connectivity index (χ0) is 15.4. The molecule has 0 atom stereocenters. The Morgan fingerprint density at radius 2 is 1.55 bits per heavy atom. The second kappa shape index (κ2) is 6.44. The van der Waals surface area contributed by atoms with Crippen LogP contribution in [0.2, 0.25) is 0 Å². The minimum absolute atomic E-state index is 0.262. The number of benzene rings is 3. The summed E-state index contributed by atoms with van der Waals surface area (Å²) < 4.78 is 20.0. The topological polar surface area (TPSA) is 9.23 Å². The fourth-order valence-corrected chi connectivity index (χ4v) is 2.37. The van der Waals surface area contributed by atoms with E-state index in [4.69, 9.17) is 4.74 Å². The molecule has 110 valence electrons. The summed E-state index contributed by atoms with van der Waals surface area (Å²) in [6, 6.07) is 22.4. The van der Waals surface area contributed by atoms with Gasteiger partial charge in [0.2, 0.25) is 0 Å². The molecule has 0 amide bonds. The van der Waals surface area contributed by atoms with Crippen LogP contribution in [0.25, 0.3) is 11.1 Å². The molecule has 3 aromatic carbocycles. The Hall–Kier alpha value is -2.61. The fraction of sp³-hybridized carbons (Fsp3) is 0.100. The van der Waals surface area contributed by atoms with Crippen molar-refractivity contribution in [3.63, 3.8) is 0 Å². The Morgan fingerprint density at radius 3 is 2.23 bits per heavy atom. The van der Waals surface area contributed by atoms with Crippen LogP contribution < -0.4 is 4.74 Å². The summed E-state index contributed by atoms with van der Waals surface area (Å²) in [4.78, 5) is 0. The molecular formula is C20H17FO. The van der Waals surface area contributed by atoms with E-state index in [9.17, 15) is 4.39 Å². The van der Waals surface area contributed by atoms with Crippen molar-refractivity contribution in [3.05, 3.63) is 84.2 Å². The first-order valence-electron chi connectivity index (χ1n) is 7.38. The van der Waals surface area contributed by atoms with E-state index in [1.807, 2.05) is 48.5 Å². The molecule has 0 radical (unpaired) electrons. The van der Waals surface area contributed by atoms with Gasteiger partial charge in [-0.1, -0.05) is 61.5 Å². The summed E-state index contributed by atoms with van der Waals surface area (Å²) in [6.07, 6.45) is 0.983. The second-order valence-electron chi connectivity index (χ2n) is 5.08. The average Bonchev–Trinajstić information content (AvgIpc) is 2.58. The lowest BCUT2D eigenvalue weighted by molar-refractivity contribution is 0.444. The number of rotatable bonds is 4. The highest BCUT2D eigenvalue weighted by Crippen LogP contribution is 2.35. The molecule has 1 nitrogen and oxygen atoms in total. The highest BCUT2D eigenvalue weighted by atomic mass is 19.1. The second-order valence-corrected chi connectivity index (χ2v) is 5.08. The van der Waals surface area contributed by atoms with Crippen molar-refractivity contribution in [3.8, 4) is 22.6 Å². The third-order valence-corrected chi connectivity index (χ3v) is 3.60. The summed E-state index contributed by atoms with van der Waals surface area (Å²) in [5.74, 6) is 0.526. The van der Waals surface area contributed by atoms with Crippen LogP contribution in [0.3, 0.4) is 0 Å². The van der Waals surface area contributed by atoms with Gasteiger partial charge in [-0.15, -0.1) is 0 Å². The van der Waals surface area contributed by atoms with Crippen LogP contribution in [0.1, 0.15) is 12.5 Å². The van der Waals surface area contributed by atoms with Crippen LogP contribution in [-0.4, -0.2) is 0 Å². The predicted octanol–water partition coefficient (Wildman–Crippen LogP) is 5.85. The molecule has 0 spiro atoms. The van der Waals surface area contributed by atoms with E-state index in [1.54, 1.807) is 6.07 Å². The molecule has 0 N–H and O–H groups in total. The standard InChI is InChI=1S/C20H17FO/c1-2-15-11-13-16(14-12-15)18-9-6-10-19(21)20(18)22-17-7-4-3-5-8-17/h3-14H,2H2,1H3. The van der Waals surface area contributed by atoms with Crippen molar-refractivity contribution in [2.75, 3.05) is 0 Å². The van der Waals surface area contributed by atoms with Crippen molar-refractivity contribution in [1.82, 2.24) is 0 Å².